The quantitative estimate of drug-likeness (QED) is 0.333. The van der Waals surface area contributed by atoms with E-state index in [9.17, 15) is 9.59 Å². The molecule has 2 N–H and O–H groups in total. The maximum Gasteiger partial charge on any atom is 0.259 e. The number of fused-ring (bicyclic) bond motifs is 1. The van der Waals surface area contributed by atoms with Crippen molar-refractivity contribution in [3.8, 4) is 0 Å². The largest absolute Gasteiger partial charge is 0.385 e. The average molecular weight is 644 g/mol. The van der Waals surface area contributed by atoms with Crippen molar-refractivity contribution in [2.45, 2.75) is 103 Å². The highest BCUT2D eigenvalue weighted by Crippen LogP contribution is 2.36. The van der Waals surface area contributed by atoms with Crippen molar-refractivity contribution in [3.05, 3.63) is 17.6 Å². The number of hydrogen-bond acceptors (Lipinski definition) is 7. The van der Waals surface area contributed by atoms with Crippen LogP contribution in [0.25, 0.3) is 0 Å². The summed E-state index contributed by atoms with van der Waals surface area (Å²) in [5.74, 6) is 2.33. The SMILES string of the molecule is COCCCNc1nc(C(C)(C)C)ncc1C(=O)N(CC(C)C)[C@@H]1CNC[C@H](C(=O)N2CCCC3CCCCC32)C1.Cl.Cl. The van der Waals surface area contributed by atoms with E-state index in [1.807, 2.05) is 4.90 Å². The first-order chi connectivity index (χ1) is 19.6. The fourth-order valence-electron chi connectivity index (χ4n) is 6.88. The molecule has 0 spiro atoms. The Morgan fingerprint density at radius 2 is 1.86 bits per heavy atom. The monoisotopic (exact) mass is 642 g/mol. The van der Waals surface area contributed by atoms with E-state index >= 15 is 0 Å². The molecule has 0 aromatic carbocycles. The molecule has 2 amide bonds. The molecule has 3 aliphatic rings. The molecule has 3 heterocycles. The molecule has 43 heavy (non-hydrogen) atoms. The van der Waals surface area contributed by atoms with Crippen molar-refractivity contribution in [2.24, 2.45) is 17.8 Å². The third kappa shape index (κ3) is 9.65. The number of piperidine rings is 2. The maximum atomic E-state index is 14.3. The smallest absolute Gasteiger partial charge is 0.259 e. The van der Waals surface area contributed by atoms with Gasteiger partial charge >= 0.3 is 0 Å². The number of carbonyl (C=O) groups is 2. The van der Waals surface area contributed by atoms with E-state index in [4.69, 9.17) is 9.72 Å². The van der Waals surface area contributed by atoms with Crippen LogP contribution in [-0.4, -0.2) is 90.1 Å². The highest BCUT2D eigenvalue weighted by Gasteiger charge is 2.41. The molecule has 1 aromatic heterocycles. The van der Waals surface area contributed by atoms with Gasteiger partial charge in [-0.05, 0) is 50.4 Å². The number of nitrogens with one attached hydrogen (secondary N) is 2. The number of ether oxygens (including phenoxy) is 1. The number of nitrogens with zero attached hydrogens (tertiary/aromatic N) is 4. The van der Waals surface area contributed by atoms with E-state index in [0.717, 1.165) is 25.8 Å². The topological polar surface area (TPSA) is 99.7 Å². The summed E-state index contributed by atoms with van der Waals surface area (Å²) in [5, 5.41) is 6.92. The standard InChI is InChI=1S/C32H54N6O3.2ClH/c1-22(2)21-38(30(40)26-20-35-31(32(3,4)5)36-28(26)34-14-10-16-41-6)25-17-24(18-33-19-25)29(39)37-15-9-12-23-11-7-8-13-27(23)37;;/h20,22-25,27,33H,7-19,21H2,1-6H3,(H,34,35,36);2*1H/t23?,24-,25+,27?;;/m1../s1. The Balaban J connectivity index is 0.00000323. The molecule has 3 fully saturated rings. The average Bonchev–Trinajstić information content (AvgIpc) is 2.96. The first kappa shape index (κ1) is 37.5. The van der Waals surface area contributed by atoms with Crippen molar-refractivity contribution in [1.82, 2.24) is 25.1 Å². The van der Waals surface area contributed by atoms with Gasteiger partial charge in [0.1, 0.15) is 17.2 Å². The molecular weight excluding hydrogens is 587 g/mol. The Bertz CT molecular complexity index is 1030. The van der Waals surface area contributed by atoms with Crippen LogP contribution in [0.3, 0.4) is 0 Å². The Morgan fingerprint density at radius 1 is 1.14 bits per heavy atom. The zero-order valence-electron chi connectivity index (χ0n) is 27.2. The van der Waals surface area contributed by atoms with Crippen molar-refractivity contribution in [3.63, 3.8) is 0 Å². The Kier molecular flexibility index (Phi) is 14.9. The summed E-state index contributed by atoms with van der Waals surface area (Å²) in [6.07, 6.45) is 10.5. The second-order valence-electron chi connectivity index (χ2n) is 13.9. The van der Waals surface area contributed by atoms with Gasteiger partial charge in [-0.3, -0.25) is 9.59 Å². The van der Waals surface area contributed by atoms with Gasteiger partial charge in [0.15, 0.2) is 0 Å². The van der Waals surface area contributed by atoms with Gasteiger partial charge in [0.05, 0.1) is 5.92 Å². The van der Waals surface area contributed by atoms with Gasteiger partial charge in [-0.15, -0.1) is 24.8 Å². The maximum absolute atomic E-state index is 14.3. The minimum absolute atomic E-state index is 0. The number of halogens is 2. The predicted octanol–water partition coefficient (Wildman–Crippen LogP) is 5.32. The molecule has 2 aliphatic heterocycles. The van der Waals surface area contributed by atoms with Crippen LogP contribution in [-0.2, 0) is 14.9 Å². The molecule has 4 rings (SSSR count). The molecular formula is C32H56Cl2N6O3. The summed E-state index contributed by atoms with van der Waals surface area (Å²) >= 11 is 0. The molecule has 1 aromatic rings. The van der Waals surface area contributed by atoms with Gasteiger partial charge in [0, 0.05) is 70.1 Å². The van der Waals surface area contributed by atoms with Crippen LogP contribution in [0.2, 0.25) is 0 Å². The summed E-state index contributed by atoms with van der Waals surface area (Å²) in [6, 6.07) is 0.340. The lowest BCUT2D eigenvalue weighted by Crippen LogP contribution is -2.57. The molecule has 1 aliphatic carbocycles. The fraction of sp³-hybridized carbons (Fsp3) is 0.812. The van der Waals surface area contributed by atoms with Crippen LogP contribution in [0.4, 0.5) is 5.82 Å². The highest BCUT2D eigenvalue weighted by atomic mass is 35.5. The molecule has 2 unspecified atom stereocenters. The molecule has 0 radical (unpaired) electrons. The van der Waals surface area contributed by atoms with Gasteiger partial charge in [-0.25, -0.2) is 9.97 Å². The van der Waals surface area contributed by atoms with Gasteiger partial charge in [0.25, 0.3) is 5.91 Å². The number of hydrogen-bond donors (Lipinski definition) is 2. The second kappa shape index (κ2) is 17.1. The van der Waals surface area contributed by atoms with Crippen LogP contribution in [0.15, 0.2) is 6.20 Å². The Labute approximate surface area is 271 Å². The van der Waals surface area contributed by atoms with E-state index in [0.29, 0.717) is 68.4 Å². The number of likely N-dealkylation sites (tertiary alicyclic amines) is 1. The van der Waals surface area contributed by atoms with Gasteiger partial charge in [-0.2, -0.15) is 0 Å². The molecule has 11 heteroatoms. The van der Waals surface area contributed by atoms with Gasteiger partial charge in [-0.1, -0.05) is 47.5 Å². The van der Waals surface area contributed by atoms with E-state index in [-0.39, 0.29) is 59.9 Å². The predicted molar refractivity (Wildman–Crippen MR) is 178 cm³/mol. The minimum atomic E-state index is -0.241. The highest BCUT2D eigenvalue weighted by molar-refractivity contribution is 5.98. The zero-order chi connectivity index (χ0) is 29.6. The summed E-state index contributed by atoms with van der Waals surface area (Å²) in [4.78, 5) is 41.9. The number of carbonyl (C=O) groups excluding carboxylic acids is 2. The normalized spacial score (nSPS) is 23.9. The van der Waals surface area contributed by atoms with Crippen LogP contribution in [0.1, 0.15) is 102 Å². The van der Waals surface area contributed by atoms with Gasteiger partial charge < -0.3 is 25.2 Å². The van der Waals surface area contributed by atoms with Crippen molar-refractivity contribution < 1.29 is 14.3 Å². The van der Waals surface area contributed by atoms with E-state index in [1.54, 1.807) is 13.3 Å². The van der Waals surface area contributed by atoms with Crippen LogP contribution in [0.5, 0.6) is 0 Å². The van der Waals surface area contributed by atoms with E-state index in [2.05, 4.69) is 55.1 Å². The summed E-state index contributed by atoms with van der Waals surface area (Å²) in [6.45, 7) is 14.7. The number of aromatic nitrogens is 2. The molecule has 4 atom stereocenters. The Hall–Kier alpha value is -1.68. The molecule has 9 nitrogen and oxygen atoms in total. The molecule has 1 saturated carbocycles. The summed E-state index contributed by atoms with van der Waals surface area (Å²) in [5.41, 5.74) is 0.250. The number of anilines is 1. The van der Waals surface area contributed by atoms with Crippen LogP contribution in [0, 0.1) is 17.8 Å². The Morgan fingerprint density at radius 3 is 2.56 bits per heavy atom. The molecule has 0 bridgehead atoms. The lowest BCUT2D eigenvalue weighted by Gasteiger charge is -2.46. The van der Waals surface area contributed by atoms with Crippen molar-refractivity contribution in [2.75, 3.05) is 51.8 Å². The van der Waals surface area contributed by atoms with Crippen LogP contribution >= 0.6 is 24.8 Å². The summed E-state index contributed by atoms with van der Waals surface area (Å²) in [7, 11) is 1.69. The summed E-state index contributed by atoms with van der Waals surface area (Å²) < 4.78 is 5.21. The fourth-order valence-corrected chi connectivity index (χ4v) is 6.88. The molecule has 246 valence electrons. The lowest BCUT2D eigenvalue weighted by atomic mass is 9.77. The number of amides is 2. The first-order valence-corrected chi connectivity index (χ1v) is 16.0. The third-order valence-electron chi connectivity index (χ3n) is 8.97. The van der Waals surface area contributed by atoms with Crippen LogP contribution < -0.4 is 10.6 Å². The second-order valence-corrected chi connectivity index (χ2v) is 13.9. The van der Waals surface area contributed by atoms with Crippen molar-refractivity contribution >= 4 is 42.4 Å². The first-order valence-electron chi connectivity index (χ1n) is 16.0. The zero-order valence-corrected chi connectivity index (χ0v) is 28.8. The number of methoxy groups -OCH3 is 1. The molecule has 2 saturated heterocycles. The van der Waals surface area contributed by atoms with Crippen molar-refractivity contribution in [1.29, 1.82) is 0 Å². The minimum Gasteiger partial charge on any atom is -0.385 e. The van der Waals surface area contributed by atoms with E-state index in [1.165, 1.54) is 25.7 Å². The lowest BCUT2D eigenvalue weighted by molar-refractivity contribution is -0.143. The van der Waals surface area contributed by atoms with E-state index < -0.39 is 0 Å². The third-order valence-corrected chi connectivity index (χ3v) is 8.97. The van der Waals surface area contributed by atoms with Gasteiger partial charge in [0.2, 0.25) is 5.91 Å². The number of rotatable bonds is 10.